The zero-order chi connectivity index (χ0) is 21.5. The molecule has 0 atom stereocenters. The summed E-state index contributed by atoms with van der Waals surface area (Å²) in [4.78, 5) is 8.44. The van der Waals surface area contributed by atoms with E-state index in [1.165, 1.54) is 37.7 Å². The third-order valence-corrected chi connectivity index (χ3v) is 5.84. The summed E-state index contributed by atoms with van der Waals surface area (Å²) in [6.07, 6.45) is 1.32. The fourth-order valence-electron chi connectivity index (χ4n) is 3.21. The molecule has 0 saturated carbocycles. The van der Waals surface area contributed by atoms with Crippen molar-refractivity contribution in [2.24, 2.45) is 5.14 Å². The summed E-state index contributed by atoms with van der Waals surface area (Å²) in [6, 6.07) is 13.8. The van der Waals surface area contributed by atoms with Crippen molar-refractivity contribution >= 4 is 32.5 Å². The second-order valence-electron chi connectivity index (χ2n) is 6.49. The molecule has 0 aliphatic carbocycles. The van der Waals surface area contributed by atoms with Crippen LogP contribution in [0.2, 0.25) is 5.02 Å². The van der Waals surface area contributed by atoms with Gasteiger partial charge >= 0.3 is 0 Å². The van der Waals surface area contributed by atoms with Crippen molar-refractivity contribution in [3.63, 3.8) is 0 Å². The summed E-state index contributed by atoms with van der Waals surface area (Å²) in [7, 11) is -2.36. The summed E-state index contributed by atoms with van der Waals surface area (Å²) < 4.78 is 42.5. The SMILES string of the molecule is COc1cc(-c2cccc(F)c2)c(Cl)cc1-c1ncnc2cc(S(N)(=O)=O)ccc12. The highest BCUT2D eigenvalue weighted by Gasteiger charge is 2.17. The number of hydrogen-bond acceptors (Lipinski definition) is 5. The van der Waals surface area contributed by atoms with Crippen molar-refractivity contribution in [1.82, 2.24) is 9.97 Å². The van der Waals surface area contributed by atoms with Crippen molar-refractivity contribution < 1.29 is 17.5 Å². The van der Waals surface area contributed by atoms with Crippen LogP contribution in [0.3, 0.4) is 0 Å². The van der Waals surface area contributed by atoms with E-state index in [4.69, 9.17) is 21.5 Å². The quantitative estimate of drug-likeness (QED) is 0.504. The minimum atomic E-state index is -3.87. The third-order valence-electron chi connectivity index (χ3n) is 4.62. The Morgan fingerprint density at radius 1 is 1.03 bits per heavy atom. The molecule has 152 valence electrons. The van der Waals surface area contributed by atoms with Gasteiger partial charge in [-0.2, -0.15) is 0 Å². The highest BCUT2D eigenvalue weighted by molar-refractivity contribution is 7.89. The molecule has 6 nitrogen and oxygen atoms in total. The Morgan fingerprint density at radius 3 is 2.53 bits per heavy atom. The molecule has 30 heavy (non-hydrogen) atoms. The van der Waals surface area contributed by atoms with Gasteiger partial charge in [0.1, 0.15) is 17.9 Å². The second-order valence-corrected chi connectivity index (χ2v) is 8.46. The van der Waals surface area contributed by atoms with Crippen LogP contribution in [0, 0.1) is 5.82 Å². The van der Waals surface area contributed by atoms with E-state index in [9.17, 15) is 12.8 Å². The maximum Gasteiger partial charge on any atom is 0.238 e. The second kappa shape index (κ2) is 7.64. The maximum atomic E-state index is 13.7. The summed E-state index contributed by atoms with van der Waals surface area (Å²) in [5.41, 5.74) is 2.70. The van der Waals surface area contributed by atoms with Gasteiger partial charge in [-0.3, -0.25) is 0 Å². The van der Waals surface area contributed by atoms with Gasteiger partial charge in [-0.05, 0) is 48.0 Å². The molecule has 3 aromatic carbocycles. The number of hydrogen-bond donors (Lipinski definition) is 1. The van der Waals surface area contributed by atoms with E-state index in [1.54, 1.807) is 30.3 Å². The van der Waals surface area contributed by atoms with Crippen LogP contribution < -0.4 is 9.88 Å². The fourth-order valence-corrected chi connectivity index (χ4v) is 4.02. The minimum Gasteiger partial charge on any atom is -0.496 e. The number of primary sulfonamides is 1. The van der Waals surface area contributed by atoms with E-state index in [2.05, 4.69) is 9.97 Å². The number of rotatable bonds is 4. The molecule has 0 saturated heterocycles. The van der Waals surface area contributed by atoms with Crippen LogP contribution in [-0.4, -0.2) is 25.5 Å². The van der Waals surface area contributed by atoms with Crippen LogP contribution in [0.25, 0.3) is 33.3 Å². The van der Waals surface area contributed by atoms with Crippen LogP contribution in [0.1, 0.15) is 0 Å². The minimum absolute atomic E-state index is 0.0499. The van der Waals surface area contributed by atoms with Crippen molar-refractivity contribution in [2.75, 3.05) is 7.11 Å². The number of benzene rings is 3. The van der Waals surface area contributed by atoms with E-state index < -0.39 is 10.0 Å². The molecule has 0 amide bonds. The van der Waals surface area contributed by atoms with Gasteiger partial charge in [-0.25, -0.2) is 27.9 Å². The number of ether oxygens (including phenoxy) is 1. The monoisotopic (exact) mass is 443 g/mol. The number of nitrogens with zero attached hydrogens (tertiary/aromatic N) is 2. The first kappa shape index (κ1) is 20.2. The highest BCUT2D eigenvalue weighted by Crippen LogP contribution is 2.40. The zero-order valence-corrected chi connectivity index (χ0v) is 17.2. The predicted molar refractivity (Wildman–Crippen MR) is 113 cm³/mol. The summed E-state index contributed by atoms with van der Waals surface area (Å²) in [5.74, 6) is 0.0910. The lowest BCUT2D eigenvalue weighted by Gasteiger charge is -2.14. The smallest absolute Gasteiger partial charge is 0.238 e. The molecule has 2 N–H and O–H groups in total. The Labute approximate surface area is 177 Å². The number of nitrogens with two attached hydrogens (primary N) is 1. The van der Waals surface area contributed by atoms with E-state index in [0.717, 1.165) is 0 Å². The van der Waals surface area contributed by atoms with E-state index in [0.29, 0.717) is 44.1 Å². The molecule has 4 rings (SSSR count). The molecule has 9 heteroatoms. The molecular formula is C21H15ClFN3O3S. The molecule has 0 bridgehead atoms. The van der Waals surface area contributed by atoms with Crippen molar-refractivity contribution in [3.8, 4) is 28.1 Å². The first-order chi connectivity index (χ1) is 14.3. The Balaban J connectivity index is 1.92. The lowest BCUT2D eigenvalue weighted by Crippen LogP contribution is -2.12. The van der Waals surface area contributed by atoms with Gasteiger partial charge in [0.25, 0.3) is 0 Å². The predicted octanol–water partition coefficient (Wildman–Crippen LogP) is 4.41. The average Bonchev–Trinajstić information content (AvgIpc) is 2.72. The largest absolute Gasteiger partial charge is 0.496 e. The Kier molecular flexibility index (Phi) is 5.15. The van der Waals surface area contributed by atoms with Crippen LogP contribution in [0.15, 0.2) is 65.8 Å². The van der Waals surface area contributed by atoms with Crippen molar-refractivity contribution in [3.05, 3.63) is 71.8 Å². The van der Waals surface area contributed by atoms with Crippen LogP contribution in [0.5, 0.6) is 5.75 Å². The summed E-state index contributed by atoms with van der Waals surface area (Å²) in [6.45, 7) is 0. The molecular weight excluding hydrogens is 429 g/mol. The number of sulfonamides is 1. The van der Waals surface area contributed by atoms with Crippen LogP contribution in [0.4, 0.5) is 4.39 Å². The molecule has 1 heterocycles. The van der Waals surface area contributed by atoms with Gasteiger partial charge in [-0.1, -0.05) is 23.7 Å². The van der Waals surface area contributed by atoms with Gasteiger partial charge in [0.2, 0.25) is 10.0 Å². The Hall–Kier alpha value is -3.07. The van der Waals surface area contributed by atoms with Crippen molar-refractivity contribution in [2.45, 2.75) is 4.90 Å². The number of methoxy groups -OCH3 is 1. The Bertz CT molecular complexity index is 1390. The summed E-state index contributed by atoms with van der Waals surface area (Å²) in [5, 5.41) is 6.18. The van der Waals surface area contributed by atoms with Gasteiger partial charge < -0.3 is 4.74 Å². The maximum absolute atomic E-state index is 13.7. The van der Waals surface area contributed by atoms with Gasteiger partial charge in [0.05, 0.1) is 23.2 Å². The van der Waals surface area contributed by atoms with Gasteiger partial charge in [-0.15, -0.1) is 0 Å². The highest BCUT2D eigenvalue weighted by atomic mass is 35.5. The molecule has 0 aliphatic rings. The van der Waals surface area contributed by atoms with E-state index in [1.807, 2.05) is 0 Å². The molecule has 1 aromatic heterocycles. The normalized spacial score (nSPS) is 11.6. The summed E-state index contributed by atoms with van der Waals surface area (Å²) >= 11 is 6.51. The standard InChI is InChI=1S/C21H15ClFN3O3S/c1-29-20-10-16(12-3-2-4-13(23)7-12)18(22)9-17(20)21-15-6-5-14(30(24,27)28)8-19(15)25-11-26-21/h2-11H,1H3,(H2,24,27,28). The number of fused-ring (bicyclic) bond motifs is 1. The first-order valence-electron chi connectivity index (χ1n) is 8.69. The van der Waals surface area contributed by atoms with E-state index in [-0.39, 0.29) is 10.7 Å². The Morgan fingerprint density at radius 2 is 1.83 bits per heavy atom. The van der Waals surface area contributed by atoms with Gasteiger partial charge in [0.15, 0.2) is 0 Å². The lowest BCUT2D eigenvalue weighted by atomic mass is 9.99. The lowest BCUT2D eigenvalue weighted by molar-refractivity contribution is 0.416. The number of aromatic nitrogens is 2. The molecule has 0 fully saturated rings. The fraction of sp³-hybridized carbons (Fsp3) is 0.0476. The van der Waals surface area contributed by atoms with E-state index >= 15 is 0 Å². The van der Waals surface area contributed by atoms with Gasteiger partial charge in [0, 0.05) is 21.5 Å². The zero-order valence-electron chi connectivity index (χ0n) is 15.6. The van der Waals surface area contributed by atoms with Crippen LogP contribution >= 0.6 is 11.6 Å². The number of halogens is 2. The molecule has 0 aliphatic heterocycles. The molecule has 4 aromatic rings. The van der Waals surface area contributed by atoms with Crippen LogP contribution in [-0.2, 0) is 10.0 Å². The molecule has 0 unspecified atom stereocenters. The molecule has 0 spiro atoms. The first-order valence-corrected chi connectivity index (χ1v) is 10.6. The topological polar surface area (TPSA) is 95.2 Å². The average molecular weight is 444 g/mol. The third kappa shape index (κ3) is 3.72. The van der Waals surface area contributed by atoms with Crippen molar-refractivity contribution in [1.29, 1.82) is 0 Å². The molecule has 0 radical (unpaired) electrons.